The van der Waals surface area contributed by atoms with E-state index in [1.165, 1.54) is 0 Å². The molecule has 7 heteroatoms. The number of amides is 2. The predicted molar refractivity (Wildman–Crippen MR) is 121 cm³/mol. The zero-order chi connectivity index (χ0) is 22.7. The van der Waals surface area contributed by atoms with Crippen LogP contribution in [0.15, 0.2) is 42.7 Å². The molecule has 1 saturated heterocycles. The number of carbonyl (C=O) groups excluding carboxylic acids is 2. The Morgan fingerprint density at radius 1 is 1.31 bits per heavy atom. The van der Waals surface area contributed by atoms with Gasteiger partial charge in [-0.15, -0.1) is 0 Å². The summed E-state index contributed by atoms with van der Waals surface area (Å²) in [5.41, 5.74) is 2.61. The van der Waals surface area contributed by atoms with Crippen molar-refractivity contribution in [2.24, 2.45) is 5.92 Å². The van der Waals surface area contributed by atoms with Crippen molar-refractivity contribution in [3.63, 3.8) is 0 Å². The van der Waals surface area contributed by atoms with E-state index in [1.54, 1.807) is 22.2 Å². The van der Waals surface area contributed by atoms with E-state index in [0.29, 0.717) is 24.5 Å². The Morgan fingerprint density at radius 3 is 2.84 bits per heavy atom. The molecule has 4 rings (SSSR count). The van der Waals surface area contributed by atoms with Crippen molar-refractivity contribution in [3.8, 4) is 5.75 Å². The molecule has 1 aromatic carbocycles. The zero-order valence-electron chi connectivity index (χ0n) is 19.0. The maximum Gasteiger partial charge on any atom is 0.268 e. The molecule has 0 aliphatic carbocycles. The maximum absolute atomic E-state index is 13.5. The summed E-state index contributed by atoms with van der Waals surface area (Å²) in [6.07, 6.45) is 4.84. The quantitative estimate of drug-likeness (QED) is 0.664. The predicted octanol–water partition coefficient (Wildman–Crippen LogP) is 3.35. The largest absolute Gasteiger partial charge is 0.478 e. The molecule has 0 saturated carbocycles. The Kier molecular flexibility index (Phi) is 6.74. The minimum absolute atomic E-state index is 0.00654. The van der Waals surface area contributed by atoms with Gasteiger partial charge >= 0.3 is 0 Å². The van der Waals surface area contributed by atoms with Gasteiger partial charge < -0.3 is 14.4 Å². The Balaban J connectivity index is 1.59. The molecular weight excluding hydrogens is 406 g/mol. The lowest BCUT2D eigenvalue weighted by atomic mass is 10.0. The number of fused-ring (bicyclic) bond motifs is 1. The van der Waals surface area contributed by atoms with Crippen LogP contribution in [0.25, 0.3) is 0 Å². The lowest BCUT2D eigenvalue weighted by Gasteiger charge is -2.37. The van der Waals surface area contributed by atoms with Crippen molar-refractivity contribution in [1.29, 1.82) is 0 Å². The van der Waals surface area contributed by atoms with E-state index in [0.717, 1.165) is 30.6 Å². The van der Waals surface area contributed by atoms with Crippen LogP contribution in [0.2, 0.25) is 0 Å². The molecule has 1 aromatic heterocycles. The Morgan fingerprint density at radius 2 is 2.16 bits per heavy atom. The maximum atomic E-state index is 13.5. The van der Waals surface area contributed by atoms with Crippen LogP contribution in [0, 0.1) is 12.8 Å². The number of rotatable bonds is 7. The summed E-state index contributed by atoms with van der Waals surface area (Å²) >= 11 is 0. The molecule has 0 spiro atoms. The second kappa shape index (κ2) is 9.69. The molecule has 3 heterocycles. The number of aromatic nitrogens is 1. The highest BCUT2D eigenvalue weighted by atomic mass is 16.5. The normalized spacial score (nSPS) is 20.2. The number of aryl methyl sites for hydroxylation is 1. The highest BCUT2D eigenvalue weighted by molar-refractivity contribution is 6.04. The lowest BCUT2D eigenvalue weighted by Crippen LogP contribution is -2.52. The molecule has 2 amide bonds. The molecule has 2 atom stereocenters. The van der Waals surface area contributed by atoms with Crippen molar-refractivity contribution in [3.05, 3.63) is 53.9 Å². The topological polar surface area (TPSA) is 72.0 Å². The zero-order valence-corrected chi connectivity index (χ0v) is 19.0. The second-order valence-electron chi connectivity index (χ2n) is 8.95. The van der Waals surface area contributed by atoms with Gasteiger partial charge in [-0.2, -0.15) is 0 Å². The highest BCUT2D eigenvalue weighted by Gasteiger charge is 2.38. The molecule has 32 heavy (non-hydrogen) atoms. The smallest absolute Gasteiger partial charge is 0.268 e. The molecule has 0 bridgehead atoms. The molecule has 2 aromatic rings. The van der Waals surface area contributed by atoms with Gasteiger partial charge in [-0.1, -0.05) is 26.0 Å². The van der Waals surface area contributed by atoms with E-state index in [4.69, 9.17) is 9.47 Å². The van der Waals surface area contributed by atoms with Gasteiger partial charge in [0.1, 0.15) is 12.3 Å². The summed E-state index contributed by atoms with van der Waals surface area (Å²) in [5, 5.41) is 0. The first-order chi connectivity index (χ1) is 15.4. The van der Waals surface area contributed by atoms with E-state index < -0.39 is 6.10 Å². The van der Waals surface area contributed by atoms with Crippen LogP contribution in [0.3, 0.4) is 0 Å². The van der Waals surface area contributed by atoms with Crippen molar-refractivity contribution >= 4 is 17.5 Å². The van der Waals surface area contributed by atoms with Crippen LogP contribution < -0.4 is 9.64 Å². The summed E-state index contributed by atoms with van der Waals surface area (Å²) in [6, 6.07) is 9.56. The Labute approximate surface area is 189 Å². The SMILES string of the molecule is Cc1ccc2c(c1)N(CC(=O)N(Cc1cccnc1)C[C@@H]1CCCO1)C(=O)[C@H](C(C)C)O2. The number of hydrogen-bond donors (Lipinski definition) is 0. The summed E-state index contributed by atoms with van der Waals surface area (Å²) < 4.78 is 11.8. The van der Waals surface area contributed by atoms with E-state index in [2.05, 4.69) is 4.98 Å². The van der Waals surface area contributed by atoms with Crippen LogP contribution in [-0.2, 0) is 20.9 Å². The molecule has 0 radical (unpaired) electrons. The number of hydrogen-bond acceptors (Lipinski definition) is 5. The third-order valence-corrected chi connectivity index (χ3v) is 5.96. The lowest BCUT2D eigenvalue weighted by molar-refractivity contribution is -0.135. The molecule has 7 nitrogen and oxygen atoms in total. The van der Waals surface area contributed by atoms with Crippen LogP contribution in [0.5, 0.6) is 5.75 Å². The van der Waals surface area contributed by atoms with Gasteiger partial charge in [-0.3, -0.25) is 19.5 Å². The minimum Gasteiger partial charge on any atom is -0.478 e. The third kappa shape index (κ3) is 4.93. The second-order valence-corrected chi connectivity index (χ2v) is 8.95. The fourth-order valence-corrected chi connectivity index (χ4v) is 4.22. The van der Waals surface area contributed by atoms with Gasteiger partial charge in [-0.05, 0) is 55.0 Å². The number of benzene rings is 1. The monoisotopic (exact) mass is 437 g/mol. The minimum atomic E-state index is -0.608. The molecule has 1 fully saturated rings. The Hall–Kier alpha value is -2.93. The van der Waals surface area contributed by atoms with Gasteiger partial charge in [0, 0.05) is 32.1 Å². The molecule has 0 N–H and O–H groups in total. The Bertz CT molecular complexity index is 957. The average Bonchev–Trinajstić information content (AvgIpc) is 3.29. The van der Waals surface area contributed by atoms with E-state index >= 15 is 0 Å². The van der Waals surface area contributed by atoms with Gasteiger partial charge in [-0.25, -0.2) is 0 Å². The number of pyridine rings is 1. The number of ether oxygens (including phenoxy) is 2. The van der Waals surface area contributed by atoms with Crippen molar-refractivity contribution in [1.82, 2.24) is 9.88 Å². The average molecular weight is 438 g/mol. The van der Waals surface area contributed by atoms with Crippen LogP contribution >= 0.6 is 0 Å². The highest BCUT2D eigenvalue weighted by Crippen LogP contribution is 2.36. The van der Waals surface area contributed by atoms with Gasteiger partial charge in [0.15, 0.2) is 6.10 Å². The standard InChI is InChI=1S/C25H31N3O4/c1-17(2)24-25(30)28(21-12-18(3)8-9-22(21)32-24)16-23(29)27(15-20-7-5-11-31-20)14-19-6-4-10-26-13-19/h4,6,8-10,12-13,17,20,24H,5,7,11,14-16H2,1-3H3/t20-,24-/m0/s1. The molecule has 2 aliphatic rings. The molecule has 0 unspecified atom stereocenters. The third-order valence-electron chi connectivity index (χ3n) is 5.96. The summed E-state index contributed by atoms with van der Waals surface area (Å²) in [4.78, 5) is 34.4. The fourth-order valence-electron chi connectivity index (χ4n) is 4.22. The first kappa shape index (κ1) is 22.3. The van der Waals surface area contributed by atoms with E-state index in [1.807, 2.05) is 51.1 Å². The van der Waals surface area contributed by atoms with E-state index in [-0.39, 0.29) is 30.4 Å². The number of nitrogens with zero attached hydrogens (tertiary/aromatic N) is 3. The van der Waals surface area contributed by atoms with Gasteiger partial charge in [0.2, 0.25) is 5.91 Å². The molecule has 2 aliphatic heterocycles. The first-order valence-electron chi connectivity index (χ1n) is 11.3. The van der Waals surface area contributed by atoms with Gasteiger partial charge in [0.25, 0.3) is 5.91 Å². The van der Waals surface area contributed by atoms with Crippen molar-refractivity contribution < 1.29 is 19.1 Å². The molecular formula is C25H31N3O4. The summed E-state index contributed by atoms with van der Waals surface area (Å²) in [6.45, 7) is 7.49. The van der Waals surface area contributed by atoms with Crippen LogP contribution in [0.4, 0.5) is 5.69 Å². The molecule has 170 valence electrons. The number of anilines is 1. The fraction of sp³-hybridized carbons (Fsp3) is 0.480. The summed E-state index contributed by atoms with van der Waals surface area (Å²) in [5.74, 6) is 0.340. The van der Waals surface area contributed by atoms with Gasteiger partial charge in [0.05, 0.1) is 11.8 Å². The van der Waals surface area contributed by atoms with Crippen molar-refractivity contribution in [2.75, 3.05) is 24.6 Å². The van der Waals surface area contributed by atoms with Crippen LogP contribution in [0.1, 0.15) is 37.8 Å². The van der Waals surface area contributed by atoms with Crippen molar-refractivity contribution in [2.45, 2.75) is 52.4 Å². The number of carbonyl (C=O) groups is 2. The summed E-state index contributed by atoms with van der Waals surface area (Å²) in [7, 11) is 0. The van der Waals surface area contributed by atoms with Crippen LogP contribution in [-0.4, -0.2) is 53.6 Å². The first-order valence-corrected chi connectivity index (χ1v) is 11.3. The van der Waals surface area contributed by atoms with E-state index in [9.17, 15) is 9.59 Å².